The lowest BCUT2D eigenvalue weighted by Crippen LogP contribution is -2.36. The summed E-state index contributed by atoms with van der Waals surface area (Å²) in [6.45, 7) is 5.49. The van der Waals surface area contributed by atoms with Crippen LogP contribution in [-0.4, -0.2) is 34.8 Å². The van der Waals surface area contributed by atoms with Gasteiger partial charge in [-0.3, -0.25) is 4.31 Å². The zero-order valence-corrected chi connectivity index (χ0v) is 15.6. The van der Waals surface area contributed by atoms with Crippen LogP contribution in [0.25, 0.3) is 16.9 Å². The Morgan fingerprint density at radius 3 is 2.73 bits per heavy atom. The predicted octanol–water partition coefficient (Wildman–Crippen LogP) is 2.83. The third kappa shape index (κ3) is 2.91. The highest BCUT2D eigenvalue weighted by atomic mass is 32.2. The van der Waals surface area contributed by atoms with Crippen LogP contribution in [0.5, 0.6) is 0 Å². The van der Waals surface area contributed by atoms with Crippen molar-refractivity contribution < 1.29 is 8.42 Å². The highest BCUT2D eigenvalue weighted by molar-refractivity contribution is 7.93. The molecular formula is C18H19N5O2S. The Bertz CT molecular complexity index is 1100. The largest absolute Gasteiger partial charge is 0.270 e. The molecule has 0 fully saturated rings. The highest BCUT2D eigenvalue weighted by Gasteiger charge is 2.25. The van der Waals surface area contributed by atoms with E-state index in [0.29, 0.717) is 23.4 Å². The number of aromatic nitrogens is 3. The Morgan fingerprint density at radius 1 is 1.31 bits per heavy atom. The fourth-order valence-electron chi connectivity index (χ4n) is 2.77. The first-order valence-corrected chi connectivity index (χ1v) is 9.75. The van der Waals surface area contributed by atoms with Gasteiger partial charge in [0.1, 0.15) is 11.6 Å². The van der Waals surface area contributed by atoms with Crippen LogP contribution >= 0.6 is 0 Å². The van der Waals surface area contributed by atoms with Gasteiger partial charge in [-0.1, -0.05) is 12.1 Å². The summed E-state index contributed by atoms with van der Waals surface area (Å²) in [6, 6.07) is 11.1. The zero-order valence-electron chi connectivity index (χ0n) is 14.8. The van der Waals surface area contributed by atoms with Crippen molar-refractivity contribution in [2.75, 3.05) is 10.8 Å². The van der Waals surface area contributed by atoms with E-state index in [1.165, 1.54) is 10.5 Å². The quantitative estimate of drug-likeness (QED) is 0.690. The van der Waals surface area contributed by atoms with Crippen LogP contribution in [0.3, 0.4) is 0 Å². The normalized spacial score (nSPS) is 11.7. The van der Waals surface area contributed by atoms with Gasteiger partial charge in [0, 0.05) is 18.3 Å². The van der Waals surface area contributed by atoms with Gasteiger partial charge >= 0.3 is 0 Å². The van der Waals surface area contributed by atoms with Crippen LogP contribution in [0.1, 0.15) is 26.3 Å². The zero-order chi connectivity index (χ0) is 18.9. The minimum atomic E-state index is -3.43. The molecule has 3 aromatic rings. The molecule has 134 valence electrons. The molecule has 8 heteroatoms. The van der Waals surface area contributed by atoms with Crippen molar-refractivity contribution in [3.05, 3.63) is 48.3 Å². The van der Waals surface area contributed by atoms with Crippen molar-refractivity contribution in [3.63, 3.8) is 0 Å². The van der Waals surface area contributed by atoms with E-state index in [1.807, 2.05) is 25.1 Å². The van der Waals surface area contributed by atoms with E-state index in [2.05, 4.69) is 16.2 Å². The van der Waals surface area contributed by atoms with E-state index in [9.17, 15) is 8.42 Å². The maximum Gasteiger partial charge on any atom is 0.237 e. The molecule has 0 N–H and O–H groups in total. The third-order valence-electron chi connectivity index (χ3n) is 4.14. The lowest BCUT2D eigenvalue weighted by molar-refractivity contribution is 0.583. The van der Waals surface area contributed by atoms with E-state index in [-0.39, 0.29) is 0 Å². The number of benzene rings is 1. The smallest absolute Gasteiger partial charge is 0.237 e. The summed E-state index contributed by atoms with van der Waals surface area (Å²) in [7, 11) is -3.43. The molecule has 1 aromatic carbocycles. The van der Waals surface area contributed by atoms with Crippen molar-refractivity contribution in [3.8, 4) is 17.3 Å². The molecule has 0 aliphatic rings. The topological polar surface area (TPSA) is 91.4 Å². The number of fused-ring (bicyclic) bond motifs is 1. The minimum Gasteiger partial charge on any atom is -0.270 e. The summed E-state index contributed by atoms with van der Waals surface area (Å²) in [4.78, 5) is 4.21. The summed E-state index contributed by atoms with van der Waals surface area (Å²) < 4.78 is 28.2. The average molecular weight is 369 g/mol. The number of rotatable bonds is 5. The Labute approximate surface area is 152 Å². The van der Waals surface area contributed by atoms with Crippen molar-refractivity contribution in [1.29, 1.82) is 5.26 Å². The van der Waals surface area contributed by atoms with Gasteiger partial charge in [0.2, 0.25) is 10.0 Å². The van der Waals surface area contributed by atoms with Crippen LogP contribution in [0.15, 0.2) is 42.7 Å². The maximum absolute atomic E-state index is 12.6. The van der Waals surface area contributed by atoms with Crippen LogP contribution in [0.4, 0.5) is 5.69 Å². The molecule has 3 rings (SSSR count). The molecule has 0 unspecified atom stereocenters. The van der Waals surface area contributed by atoms with Crippen molar-refractivity contribution >= 4 is 21.4 Å². The molecule has 0 spiro atoms. The number of nitrogens with zero attached hydrogens (tertiary/aromatic N) is 5. The molecule has 0 radical (unpaired) electrons. The first-order chi connectivity index (χ1) is 12.4. The standard InChI is InChI=1S/C18H19N5O2S/c1-4-22(26(24,25)13(2)3)16-7-5-6-14(10-16)17-8-9-20-18-15(11-19)12-21-23(17)18/h5-10,12-13H,4H2,1-3H3. The Balaban J connectivity index is 2.14. The predicted molar refractivity (Wildman–Crippen MR) is 100 cm³/mol. The fraction of sp³-hybridized carbons (Fsp3) is 0.278. The maximum atomic E-state index is 12.6. The van der Waals surface area contributed by atoms with Crippen LogP contribution in [-0.2, 0) is 10.0 Å². The monoisotopic (exact) mass is 369 g/mol. The molecule has 2 heterocycles. The average Bonchev–Trinajstić information content (AvgIpc) is 3.05. The van der Waals surface area contributed by atoms with Crippen molar-refractivity contribution in [2.24, 2.45) is 0 Å². The van der Waals surface area contributed by atoms with Crippen molar-refractivity contribution in [2.45, 2.75) is 26.0 Å². The van der Waals surface area contributed by atoms with Gasteiger partial charge in [0.15, 0.2) is 5.65 Å². The molecule has 0 amide bonds. The molecule has 26 heavy (non-hydrogen) atoms. The number of hydrogen-bond acceptors (Lipinski definition) is 5. The second kappa shape index (κ2) is 6.77. The lowest BCUT2D eigenvalue weighted by Gasteiger charge is -2.25. The molecule has 0 aliphatic heterocycles. The Kier molecular flexibility index (Phi) is 4.66. The van der Waals surface area contributed by atoms with Gasteiger partial charge in [-0.25, -0.2) is 17.9 Å². The van der Waals surface area contributed by atoms with Crippen LogP contribution in [0, 0.1) is 11.3 Å². The number of nitriles is 1. The lowest BCUT2D eigenvalue weighted by atomic mass is 10.1. The highest BCUT2D eigenvalue weighted by Crippen LogP contribution is 2.27. The third-order valence-corrected chi connectivity index (χ3v) is 6.42. The summed E-state index contributed by atoms with van der Waals surface area (Å²) in [5.74, 6) is 0. The van der Waals surface area contributed by atoms with E-state index in [1.54, 1.807) is 36.7 Å². The van der Waals surface area contributed by atoms with E-state index >= 15 is 0 Å². The minimum absolute atomic E-state index is 0.343. The van der Waals surface area contributed by atoms with E-state index in [4.69, 9.17) is 5.26 Å². The number of anilines is 1. The molecule has 0 saturated heterocycles. The van der Waals surface area contributed by atoms with Gasteiger partial charge in [0.05, 0.1) is 22.8 Å². The molecule has 0 bridgehead atoms. The Hall–Kier alpha value is -2.92. The second-order valence-corrected chi connectivity index (χ2v) is 8.46. The molecule has 0 aliphatic carbocycles. The molecule has 0 saturated carbocycles. The summed E-state index contributed by atoms with van der Waals surface area (Å²) >= 11 is 0. The van der Waals surface area contributed by atoms with Gasteiger partial charge in [-0.2, -0.15) is 10.4 Å². The SMILES string of the molecule is CCN(c1cccc(-c2ccnc3c(C#N)cnn23)c1)S(=O)(=O)C(C)C. The van der Waals surface area contributed by atoms with Crippen LogP contribution < -0.4 is 4.31 Å². The first kappa shape index (κ1) is 17.9. The van der Waals surface area contributed by atoms with E-state index < -0.39 is 15.3 Å². The van der Waals surface area contributed by atoms with Gasteiger partial charge < -0.3 is 0 Å². The van der Waals surface area contributed by atoms with Crippen LogP contribution in [0.2, 0.25) is 0 Å². The molecule has 7 nitrogen and oxygen atoms in total. The van der Waals surface area contributed by atoms with Crippen molar-refractivity contribution in [1.82, 2.24) is 14.6 Å². The number of sulfonamides is 1. The summed E-state index contributed by atoms with van der Waals surface area (Å²) in [5.41, 5.74) is 2.98. The fourth-order valence-corrected chi connectivity index (χ4v) is 4.05. The van der Waals surface area contributed by atoms with Gasteiger partial charge in [-0.05, 0) is 39.0 Å². The molecule has 2 aromatic heterocycles. The Morgan fingerprint density at radius 2 is 2.08 bits per heavy atom. The van der Waals surface area contributed by atoms with Gasteiger partial charge in [-0.15, -0.1) is 0 Å². The summed E-state index contributed by atoms with van der Waals surface area (Å²) in [5, 5.41) is 12.9. The molecular weight excluding hydrogens is 350 g/mol. The number of hydrogen-bond donors (Lipinski definition) is 0. The van der Waals surface area contributed by atoms with Gasteiger partial charge in [0.25, 0.3) is 0 Å². The molecule has 0 atom stereocenters. The summed E-state index contributed by atoms with van der Waals surface area (Å²) in [6.07, 6.45) is 3.08. The van der Waals surface area contributed by atoms with E-state index in [0.717, 1.165) is 11.3 Å². The second-order valence-electron chi connectivity index (χ2n) is 6.04. The first-order valence-electron chi connectivity index (χ1n) is 8.25.